The van der Waals surface area contributed by atoms with Crippen molar-refractivity contribution < 1.29 is 33.8 Å². The fourth-order valence-corrected chi connectivity index (χ4v) is 8.38. The number of carbonyl (C=O) groups is 5. The second-order valence-electron chi connectivity index (χ2n) is 11.9. The Kier molecular flexibility index (Phi) is 6.59. The van der Waals surface area contributed by atoms with Gasteiger partial charge in [0, 0.05) is 22.6 Å². The van der Waals surface area contributed by atoms with Gasteiger partial charge in [-0.25, -0.2) is 9.69 Å². The molecule has 3 aromatic carbocycles. The van der Waals surface area contributed by atoms with E-state index >= 15 is 4.79 Å². The number of likely N-dealkylation sites (tertiary alicyclic amines) is 1. The van der Waals surface area contributed by atoms with Gasteiger partial charge in [-0.3, -0.25) is 19.2 Å². The molecule has 2 heterocycles. The number of amides is 6. The number of aromatic hydroxyl groups is 1. The molecule has 4 aliphatic rings. The summed E-state index contributed by atoms with van der Waals surface area (Å²) >= 11 is 6.31. The fourth-order valence-electron chi connectivity index (χ4n) is 8.20. The average molecular weight is 626 g/mol. The van der Waals surface area contributed by atoms with Gasteiger partial charge in [0.05, 0.1) is 36.0 Å². The molecular weight excluding hydrogens is 598 g/mol. The molecule has 10 nitrogen and oxygen atoms in total. The smallest absolute Gasteiger partial charge is 0.328 e. The van der Waals surface area contributed by atoms with Crippen molar-refractivity contribution in [3.63, 3.8) is 0 Å². The number of urea groups is 1. The molecule has 228 valence electrons. The van der Waals surface area contributed by atoms with Crippen LogP contribution in [0.1, 0.15) is 29.9 Å². The number of nitrogens with zero attached hydrogens (tertiary/aromatic N) is 2. The van der Waals surface area contributed by atoms with E-state index < -0.39 is 64.7 Å². The summed E-state index contributed by atoms with van der Waals surface area (Å²) in [6.45, 7) is 0. The van der Waals surface area contributed by atoms with Gasteiger partial charge in [0.25, 0.3) is 0 Å². The van der Waals surface area contributed by atoms with Gasteiger partial charge in [0.2, 0.25) is 23.6 Å². The van der Waals surface area contributed by atoms with E-state index in [1.54, 1.807) is 60.7 Å². The number of nitrogens with two attached hydrogens (primary N) is 1. The van der Waals surface area contributed by atoms with Crippen LogP contribution in [0.2, 0.25) is 5.02 Å². The van der Waals surface area contributed by atoms with E-state index in [1.165, 1.54) is 13.2 Å². The summed E-state index contributed by atoms with van der Waals surface area (Å²) in [5, 5.41) is 11.8. The minimum Gasteiger partial charge on any atom is -0.508 e. The number of hydrogen-bond donors (Lipinski definition) is 2. The summed E-state index contributed by atoms with van der Waals surface area (Å²) in [7, 11) is 1.46. The molecule has 1 saturated carbocycles. The zero-order valence-corrected chi connectivity index (χ0v) is 24.8. The van der Waals surface area contributed by atoms with E-state index in [2.05, 4.69) is 0 Å². The highest BCUT2D eigenvalue weighted by atomic mass is 35.5. The maximum absolute atomic E-state index is 15.1. The Morgan fingerprint density at radius 3 is 2.38 bits per heavy atom. The lowest BCUT2D eigenvalue weighted by atomic mass is 9.49. The first-order valence-electron chi connectivity index (χ1n) is 14.5. The molecule has 2 aliphatic carbocycles. The number of phenols is 1. The average Bonchev–Trinajstić information content (AvgIpc) is 3.42. The summed E-state index contributed by atoms with van der Waals surface area (Å²) in [5.41, 5.74) is 5.76. The van der Waals surface area contributed by atoms with Crippen LogP contribution in [-0.4, -0.2) is 46.8 Å². The molecule has 45 heavy (non-hydrogen) atoms. The number of imide groups is 4. The largest absolute Gasteiger partial charge is 0.508 e. The van der Waals surface area contributed by atoms with Crippen LogP contribution in [0.15, 0.2) is 84.4 Å². The number of primary amides is 1. The Morgan fingerprint density at radius 2 is 1.71 bits per heavy atom. The van der Waals surface area contributed by atoms with Crippen LogP contribution in [0, 0.1) is 23.7 Å². The van der Waals surface area contributed by atoms with Crippen molar-refractivity contribution in [2.75, 3.05) is 12.0 Å². The van der Waals surface area contributed by atoms with Crippen molar-refractivity contribution in [1.29, 1.82) is 0 Å². The molecule has 0 spiro atoms. The number of halogens is 1. The Balaban J connectivity index is 1.51. The van der Waals surface area contributed by atoms with Gasteiger partial charge in [-0.15, -0.1) is 0 Å². The number of anilines is 1. The summed E-state index contributed by atoms with van der Waals surface area (Å²) in [6, 6.07) is 19.0. The Hall–Kier alpha value is -4.96. The van der Waals surface area contributed by atoms with Gasteiger partial charge in [-0.1, -0.05) is 65.7 Å². The van der Waals surface area contributed by atoms with Gasteiger partial charge in [-0.2, -0.15) is 4.90 Å². The molecule has 0 aromatic heterocycles. The van der Waals surface area contributed by atoms with Gasteiger partial charge in [-0.05, 0) is 48.6 Å². The third-order valence-corrected chi connectivity index (χ3v) is 10.2. The summed E-state index contributed by atoms with van der Waals surface area (Å²) < 4.78 is 5.33. The third kappa shape index (κ3) is 3.91. The molecule has 3 aromatic rings. The number of carbonyl (C=O) groups excluding carboxylic acids is 5. The van der Waals surface area contributed by atoms with Crippen LogP contribution in [0.4, 0.5) is 10.5 Å². The second-order valence-corrected chi connectivity index (χ2v) is 12.3. The maximum Gasteiger partial charge on any atom is 0.328 e. The molecule has 11 heteroatoms. The number of phenolic OH excluding ortho intramolecular Hbond substituents is 1. The van der Waals surface area contributed by atoms with Crippen LogP contribution < -0.4 is 15.4 Å². The van der Waals surface area contributed by atoms with Gasteiger partial charge >= 0.3 is 6.03 Å². The van der Waals surface area contributed by atoms with E-state index in [9.17, 15) is 24.3 Å². The maximum atomic E-state index is 15.1. The first-order chi connectivity index (χ1) is 21.6. The molecule has 3 N–H and O–H groups in total. The lowest BCUT2D eigenvalue weighted by molar-refractivity contribution is -0.136. The minimum absolute atomic E-state index is 0.0442. The highest BCUT2D eigenvalue weighted by Crippen LogP contribution is 2.65. The lowest BCUT2D eigenvalue weighted by Crippen LogP contribution is -2.53. The van der Waals surface area contributed by atoms with E-state index in [0.29, 0.717) is 38.1 Å². The van der Waals surface area contributed by atoms with Crippen LogP contribution in [0.25, 0.3) is 0 Å². The second kappa shape index (κ2) is 10.3. The molecule has 6 amide bonds. The number of methoxy groups -OCH3 is 1. The number of ether oxygens (including phenoxy) is 1. The molecular formula is C34H28ClN3O7. The van der Waals surface area contributed by atoms with Crippen LogP contribution in [0.3, 0.4) is 0 Å². The Morgan fingerprint density at radius 1 is 0.956 bits per heavy atom. The molecule has 0 bridgehead atoms. The zero-order chi connectivity index (χ0) is 31.8. The molecule has 6 unspecified atom stereocenters. The fraction of sp³-hybridized carbons (Fsp3) is 0.265. The topological polar surface area (TPSA) is 147 Å². The summed E-state index contributed by atoms with van der Waals surface area (Å²) in [4.78, 5) is 70.4. The van der Waals surface area contributed by atoms with Crippen molar-refractivity contribution in [2.24, 2.45) is 29.4 Å². The van der Waals surface area contributed by atoms with Crippen molar-refractivity contribution in [1.82, 2.24) is 4.90 Å². The first kappa shape index (κ1) is 28.8. The predicted molar refractivity (Wildman–Crippen MR) is 162 cm³/mol. The third-order valence-electron chi connectivity index (χ3n) is 9.94. The molecule has 7 rings (SSSR count). The van der Waals surface area contributed by atoms with Crippen molar-refractivity contribution >= 4 is 46.9 Å². The standard InChI is InChI=1S/C34H28ClN3O7/c1-45-20-10-11-22(26(39)15-20)28-21-12-13-23-27(31(42)38(29(23)40)33(36)44)24(21)16-25-30(41)37(19-9-5-8-18(35)14-19)32(43)34(25,28)17-6-3-2-4-7-17/h2-12,14-15,23-25,27-28,39H,13,16H2,1H3,(H2,36,44). The molecule has 6 atom stereocenters. The SMILES string of the molecule is COc1ccc(C2C3=CCC4C(=O)N(C(N)=O)C(=O)C4C3CC3C(=O)N(c4cccc(Cl)c4)C(=O)C32c2ccccc2)c(O)c1. The Bertz CT molecular complexity index is 1840. The number of allylic oxidation sites excluding steroid dienone is 2. The normalized spacial score (nSPS) is 28.8. The molecule has 0 radical (unpaired) electrons. The molecule has 2 saturated heterocycles. The van der Waals surface area contributed by atoms with E-state index in [4.69, 9.17) is 22.1 Å². The molecule has 3 fully saturated rings. The van der Waals surface area contributed by atoms with Crippen LogP contribution in [0.5, 0.6) is 11.5 Å². The highest BCUT2D eigenvalue weighted by Gasteiger charge is 2.70. The van der Waals surface area contributed by atoms with Crippen molar-refractivity contribution in [3.05, 3.63) is 101 Å². The first-order valence-corrected chi connectivity index (χ1v) is 14.9. The van der Waals surface area contributed by atoms with Crippen LogP contribution in [-0.2, 0) is 24.6 Å². The van der Waals surface area contributed by atoms with E-state index in [-0.39, 0.29) is 18.6 Å². The van der Waals surface area contributed by atoms with Gasteiger partial charge in [0.1, 0.15) is 11.5 Å². The van der Waals surface area contributed by atoms with Gasteiger partial charge < -0.3 is 15.6 Å². The summed E-state index contributed by atoms with van der Waals surface area (Å²) in [5.74, 6) is -6.61. The number of hydrogen-bond acceptors (Lipinski definition) is 7. The number of fused-ring (bicyclic) bond motifs is 4. The van der Waals surface area contributed by atoms with Gasteiger partial charge in [0.15, 0.2) is 0 Å². The lowest BCUT2D eigenvalue weighted by Gasteiger charge is -2.50. The number of rotatable bonds is 4. The minimum atomic E-state index is -1.54. The zero-order valence-electron chi connectivity index (χ0n) is 24.1. The van der Waals surface area contributed by atoms with Crippen LogP contribution >= 0.6 is 11.6 Å². The van der Waals surface area contributed by atoms with Crippen molar-refractivity contribution in [3.8, 4) is 11.5 Å². The van der Waals surface area contributed by atoms with E-state index in [0.717, 1.165) is 4.90 Å². The predicted octanol–water partition coefficient (Wildman–Crippen LogP) is 4.30. The highest BCUT2D eigenvalue weighted by molar-refractivity contribution is 6.32. The summed E-state index contributed by atoms with van der Waals surface area (Å²) in [6.07, 6.45) is 1.99. The van der Waals surface area contributed by atoms with E-state index in [1.807, 2.05) is 12.1 Å². The monoisotopic (exact) mass is 625 g/mol. The number of benzene rings is 3. The quantitative estimate of drug-likeness (QED) is 0.325. The Labute approximate surface area is 263 Å². The molecule has 2 aliphatic heterocycles. The van der Waals surface area contributed by atoms with Crippen molar-refractivity contribution in [2.45, 2.75) is 24.2 Å².